The summed E-state index contributed by atoms with van der Waals surface area (Å²) in [5.41, 5.74) is -0.280. The van der Waals surface area contributed by atoms with Crippen LogP contribution in [0.4, 0.5) is 15.8 Å². The number of sulfonamides is 1. The standard InChI is InChI=1S/C14H20FN3O4S/c1-3-17(23(2,21)22)11-7-9-16(10-8-11)13-6-4-5-12(15)14(13)18(19)20/h4-6,11H,3,7-10H2,1-2H3. The molecule has 1 fully saturated rings. The van der Waals surface area contributed by atoms with Crippen molar-refractivity contribution in [3.05, 3.63) is 34.1 Å². The average Bonchev–Trinajstić information content (AvgIpc) is 2.46. The molecule has 0 aliphatic carbocycles. The number of hydrogen-bond donors (Lipinski definition) is 0. The predicted octanol–water partition coefficient (Wildman–Crippen LogP) is 1.98. The second-order valence-corrected chi connectivity index (χ2v) is 7.48. The van der Waals surface area contributed by atoms with Gasteiger partial charge in [-0.3, -0.25) is 10.1 Å². The molecule has 0 radical (unpaired) electrons. The topological polar surface area (TPSA) is 83.8 Å². The van der Waals surface area contributed by atoms with Crippen molar-refractivity contribution >= 4 is 21.4 Å². The van der Waals surface area contributed by atoms with Crippen LogP contribution in [0.25, 0.3) is 0 Å². The number of nitro benzene ring substituents is 1. The largest absolute Gasteiger partial charge is 0.366 e. The zero-order valence-electron chi connectivity index (χ0n) is 13.1. The molecule has 0 unspecified atom stereocenters. The highest BCUT2D eigenvalue weighted by Gasteiger charge is 2.32. The molecule has 128 valence electrons. The van der Waals surface area contributed by atoms with Gasteiger partial charge in [-0.1, -0.05) is 13.0 Å². The fraction of sp³-hybridized carbons (Fsp3) is 0.571. The van der Waals surface area contributed by atoms with Gasteiger partial charge >= 0.3 is 5.69 Å². The molecular weight excluding hydrogens is 325 g/mol. The highest BCUT2D eigenvalue weighted by atomic mass is 32.2. The second kappa shape index (κ2) is 6.79. The molecule has 0 spiro atoms. The first-order valence-electron chi connectivity index (χ1n) is 7.40. The summed E-state index contributed by atoms with van der Waals surface area (Å²) in [6.07, 6.45) is 2.28. The van der Waals surface area contributed by atoms with Gasteiger partial charge < -0.3 is 4.90 Å². The van der Waals surface area contributed by atoms with Crippen molar-refractivity contribution in [2.24, 2.45) is 0 Å². The first kappa shape index (κ1) is 17.6. The number of hydrogen-bond acceptors (Lipinski definition) is 5. The van der Waals surface area contributed by atoms with E-state index < -0.39 is 26.5 Å². The first-order valence-corrected chi connectivity index (χ1v) is 9.25. The lowest BCUT2D eigenvalue weighted by Crippen LogP contribution is -2.47. The SMILES string of the molecule is CCN(C1CCN(c2cccc(F)c2[N+](=O)[O-])CC1)S(C)(=O)=O. The summed E-state index contributed by atoms with van der Waals surface area (Å²) < 4.78 is 38.7. The molecule has 1 aliphatic heterocycles. The Bertz CT molecular complexity index is 687. The van der Waals surface area contributed by atoms with E-state index in [4.69, 9.17) is 0 Å². The summed E-state index contributed by atoms with van der Waals surface area (Å²) in [7, 11) is -3.28. The van der Waals surface area contributed by atoms with E-state index in [1.807, 2.05) is 0 Å². The number of halogens is 1. The highest BCUT2D eigenvalue weighted by molar-refractivity contribution is 7.88. The molecule has 2 rings (SSSR count). The smallest absolute Gasteiger partial charge is 0.327 e. The van der Waals surface area contributed by atoms with Crippen LogP contribution in [0.1, 0.15) is 19.8 Å². The Hall–Kier alpha value is -1.74. The number of nitrogens with zero attached hydrogens (tertiary/aromatic N) is 3. The molecule has 9 heteroatoms. The predicted molar refractivity (Wildman–Crippen MR) is 85.5 cm³/mol. The van der Waals surface area contributed by atoms with E-state index in [0.717, 1.165) is 6.07 Å². The number of piperidine rings is 1. The summed E-state index contributed by atoms with van der Waals surface area (Å²) in [6, 6.07) is 3.91. The molecule has 1 saturated heterocycles. The monoisotopic (exact) mass is 345 g/mol. The van der Waals surface area contributed by atoms with Gasteiger partial charge in [-0.15, -0.1) is 0 Å². The van der Waals surface area contributed by atoms with Gasteiger partial charge in [0.25, 0.3) is 0 Å². The average molecular weight is 345 g/mol. The van der Waals surface area contributed by atoms with Crippen molar-refractivity contribution in [3.8, 4) is 0 Å². The molecule has 1 aromatic rings. The lowest BCUT2D eigenvalue weighted by molar-refractivity contribution is -0.386. The summed E-state index contributed by atoms with van der Waals surface area (Å²) in [4.78, 5) is 12.1. The van der Waals surface area contributed by atoms with E-state index >= 15 is 0 Å². The molecule has 0 saturated carbocycles. The molecule has 23 heavy (non-hydrogen) atoms. The summed E-state index contributed by atoms with van der Waals surface area (Å²) >= 11 is 0. The van der Waals surface area contributed by atoms with Crippen LogP contribution in [0.3, 0.4) is 0 Å². The first-order chi connectivity index (χ1) is 10.8. The van der Waals surface area contributed by atoms with Crippen LogP contribution in [0, 0.1) is 15.9 Å². The third-order valence-electron chi connectivity index (χ3n) is 4.10. The van der Waals surface area contributed by atoms with E-state index in [2.05, 4.69) is 0 Å². The van der Waals surface area contributed by atoms with Crippen molar-refractivity contribution in [2.45, 2.75) is 25.8 Å². The van der Waals surface area contributed by atoms with Crippen molar-refractivity contribution in [2.75, 3.05) is 30.8 Å². The molecule has 0 amide bonds. The van der Waals surface area contributed by atoms with E-state index in [1.54, 1.807) is 11.8 Å². The van der Waals surface area contributed by atoms with Gasteiger partial charge in [-0.2, -0.15) is 8.70 Å². The van der Waals surface area contributed by atoms with Crippen LogP contribution < -0.4 is 4.90 Å². The fourth-order valence-electron chi connectivity index (χ4n) is 3.10. The van der Waals surface area contributed by atoms with Gasteiger partial charge in [0.15, 0.2) is 0 Å². The minimum atomic E-state index is -3.28. The quantitative estimate of drug-likeness (QED) is 0.602. The lowest BCUT2D eigenvalue weighted by Gasteiger charge is -2.37. The van der Waals surface area contributed by atoms with Crippen LogP contribution in [-0.4, -0.2) is 49.6 Å². The molecule has 0 aromatic heterocycles. The molecule has 1 aromatic carbocycles. The molecule has 0 N–H and O–H groups in total. The van der Waals surface area contributed by atoms with E-state index in [-0.39, 0.29) is 11.7 Å². The normalized spacial score (nSPS) is 16.8. The van der Waals surface area contributed by atoms with Crippen molar-refractivity contribution in [1.29, 1.82) is 0 Å². The van der Waals surface area contributed by atoms with Gasteiger partial charge in [0.1, 0.15) is 5.69 Å². The van der Waals surface area contributed by atoms with E-state index in [9.17, 15) is 22.9 Å². The Morgan fingerprint density at radius 3 is 2.48 bits per heavy atom. The number of benzene rings is 1. The summed E-state index contributed by atoms with van der Waals surface area (Å²) in [6.45, 7) is 3.07. The molecule has 0 atom stereocenters. The molecule has 1 heterocycles. The second-order valence-electron chi connectivity index (χ2n) is 5.55. The van der Waals surface area contributed by atoms with Crippen LogP contribution >= 0.6 is 0 Å². The number of anilines is 1. The van der Waals surface area contributed by atoms with Crippen molar-refractivity contribution in [3.63, 3.8) is 0 Å². The third-order valence-corrected chi connectivity index (χ3v) is 5.51. The summed E-state index contributed by atoms with van der Waals surface area (Å²) in [5.74, 6) is -0.860. The number of nitro groups is 1. The zero-order valence-corrected chi connectivity index (χ0v) is 13.9. The van der Waals surface area contributed by atoms with Crippen molar-refractivity contribution in [1.82, 2.24) is 4.31 Å². The maximum absolute atomic E-state index is 13.7. The van der Waals surface area contributed by atoms with Crippen molar-refractivity contribution < 1.29 is 17.7 Å². The van der Waals surface area contributed by atoms with Gasteiger partial charge in [-0.25, -0.2) is 8.42 Å². The maximum Gasteiger partial charge on any atom is 0.327 e. The number of para-hydroxylation sites is 1. The number of rotatable bonds is 5. The highest BCUT2D eigenvalue weighted by Crippen LogP contribution is 2.33. The molecule has 7 nitrogen and oxygen atoms in total. The Labute approximate surface area is 134 Å². The fourth-order valence-corrected chi connectivity index (χ4v) is 4.32. The minimum absolute atomic E-state index is 0.126. The molecule has 1 aliphatic rings. The summed E-state index contributed by atoms with van der Waals surface area (Å²) in [5, 5.41) is 11.1. The molecule has 0 bridgehead atoms. The van der Waals surface area contributed by atoms with Crippen LogP contribution in [0.5, 0.6) is 0 Å². The Morgan fingerprint density at radius 2 is 2.00 bits per heavy atom. The van der Waals surface area contributed by atoms with E-state index in [1.165, 1.54) is 22.7 Å². The van der Waals surface area contributed by atoms with Crippen LogP contribution in [0.15, 0.2) is 18.2 Å². The van der Waals surface area contributed by atoms with Crippen LogP contribution in [-0.2, 0) is 10.0 Å². The Balaban J connectivity index is 2.17. The van der Waals surface area contributed by atoms with Gasteiger partial charge in [0.05, 0.1) is 11.2 Å². The maximum atomic E-state index is 13.7. The third kappa shape index (κ3) is 3.78. The van der Waals surface area contributed by atoms with Gasteiger partial charge in [-0.05, 0) is 25.0 Å². The van der Waals surface area contributed by atoms with Gasteiger partial charge in [0, 0.05) is 25.7 Å². The lowest BCUT2D eigenvalue weighted by atomic mass is 10.0. The minimum Gasteiger partial charge on any atom is -0.366 e. The Morgan fingerprint density at radius 1 is 1.39 bits per heavy atom. The van der Waals surface area contributed by atoms with E-state index in [0.29, 0.717) is 32.5 Å². The van der Waals surface area contributed by atoms with Gasteiger partial charge in [0.2, 0.25) is 15.8 Å². The van der Waals surface area contributed by atoms with Crippen LogP contribution in [0.2, 0.25) is 0 Å². The zero-order chi connectivity index (χ0) is 17.2. The Kier molecular flexibility index (Phi) is 5.20. The molecular formula is C14H20FN3O4S.